The second kappa shape index (κ2) is 26.1. The number of ether oxygens (including phenoxy) is 3. The number of likely N-dealkylation sites (tertiary alicyclic amines) is 2. The van der Waals surface area contributed by atoms with Crippen LogP contribution in [-0.2, 0) is 19.1 Å². The number of carbonyl (C=O) groups excluding carboxylic acids is 3. The van der Waals surface area contributed by atoms with Crippen molar-refractivity contribution in [3.63, 3.8) is 0 Å². The van der Waals surface area contributed by atoms with Crippen LogP contribution >= 0.6 is 11.3 Å². The van der Waals surface area contributed by atoms with Gasteiger partial charge < -0.3 is 44.7 Å². The Morgan fingerprint density at radius 1 is 0.920 bits per heavy atom. The molecule has 87 heavy (non-hydrogen) atoms. The Hall–Kier alpha value is -6.85. The van der Waals surface area contributed by atoms with E-state index in [1.165, 1.54) is 18.1 Å². The van der Waals surface area contributed by atoms with Crippen molar-refractivity contribution >= 4 is 56.6 Å². The second-order valence-electron chi connectivity index (χ2n) is 26.5. The third-order valence-electron chi connectivity index (χ3n) is 19.3. The van der Waals surface area contributed by atoms with Gasteiger partial charge in [0, 0.05) is 68.7 Å². The van der Waals surface area contributed by atoms with Gasteiger partial charge in [0.2, 0.25) is 17.7 Å². The van der Waals surface area contributed by atoms with E-state index < -0.39 is 35.2 Å². The number of amides is 3. The number of benzene rings is 3. The van der Waals surface area contributed by atoms with Crippen molar-refractivity contribution in [2.75, 3.05) is 64.7 Å². The van der Waals surface area contributed by atoms with E-state index in [1.54, 1.807) is 35.7 Å². The van der Waals surface area contributed by atoms with Crippen LogP contribution in [0.4, 0.5) is 14.6 Å². The summed E-state index contributed by atoms with van der Waals surface area (Å²) in [5, 5.41) is 18.4. The van der Waals surface area contributed by atoms with E-state index in [2.05, 4.69) is 36.3 Å². The summed E-state index contributed by atoms with van der Waals surface area (Å²) < 4.78 is 50.3. The molecule has 3 aliphatic heterocycles. The fraction of sp³-hybridized carbons (Fsp3) is 0.544. The van der Waals surface area contributed by atoms with E-state index in [9.17, 15) is 19.5 Å². The molecule has 3 saturated heterocycles. The molecule has 16 nitrogen and oxygen atoms in total. The number of piperidine rings is 1. The number of hydrogen-bond donors (Lipinski definition) is 3. The molecular weight excluding hydrogens is 1120 g/mol. The molecule has 1 spiro atoms. The molecule has 0 radical (unpaired) electrons. The first-order valence-electron chi connectivity index (χ1n) is 31.2. The number of β-amino-alcohol motifs (C(OH)–C–C–N with tert-alkyl or cyclic N) is 1. The molecule has 5 aliphatic rings. The largest absolute Gasteiger partial charge is 0.468 e. The minimum atomic E-state index is -0.879. The van der Waals surface area contributed by atoms with Gasteiger partial charge in [-0.3, -0.25) is 19.4 Å². The van der Waals surface area contributed by atoms with Gasteiger partial charge >= 0.3 is 6.01 Å². The normalized spacial score (nSPS) is 20.5. The number of nitrogens with one attached hydrogen (secondary N) is 2. The lowest BCUT2D eigenvalue weighted by Crippen LogP contribution is -2.57. The van der Waals surface area contributed by atoms with E-state index in [0.29, 0.717) is 46.7 Å². The Bertz CT molecular complexity index is 3520. The first-order chi connectivity index (χ1) is 41.8. The van der Waals surface area contributed by atoms with Crippen LogP contribution in [-0.4, -0.2) is 131 Å². The van der Waals surface area contributed by atoms with Crippen LogP contribution in [0.3, 0.4) is 0 Å². The highest BCUT2D eigenvalue weighted by molar-refractivity contribution is 7.13. The van der Waals surface area contributed by atoms with Crippen molar-refractivity contribution < 1.29 is 42.5 Å². The van der Waals surface area contributed by atoms with E-state index in [1.807, 2.05) is 64.4 Å². The van der Waals surface area contributed by atoms with Crippen LogP contribution in [0.15, 0.2) is 60.2 Å². The Kier molecular flexibility index (Phi) is 18.5. The van der Waals surface area contributed by atoms with Crippen LogP contribution in [0.5, 0.6) is 11.8 Å². The monoisotopic (exact) mass is 1210 g/mol. The lowest BCUT2D eigenvalue weighted by molar-refractivity contribution is -0.144. The van der Waals surface area contributed by atoms with Crippen LogP contribution in [0.25, 0.3) is 43.4 Å². The smallest absolute Gasteiger partial charge is 0.319 e. The summed E-state index contributed by atoms with van der Waals surface area (Å²) in [5.74, 6) is 1.68. The number of methoxy groups -OCH3 is 1. The fourth-order valence-corrected chi connectivity index (χ4v) is 14.6. The zero-order valence-corrected chi connectivity index (χ0v) is 52.0. The molecular formula is C68H83F2N9O7S. The van der Waals surface area contributed by atoms with Crippen molar-refractivity contribution in [2.45, 2.75) is 155 Å². The number of aliphatic hydroxyl groups excluding tert-OH is 1. The standard InChI is InChI=1S/C68H83F2N9O7S/c1-8-50-53(69)19-18-47-33-49(86-41-84-7)35-51(56(47)50)58-57(70)59-52(36-71-58)62(78-29-11-9-10-12-30-78)76-65(75-59)85-39-68(25-26-68)38-77-31-27-67(28-32-77)23-21-44(22-24-67)13-20-55(81)74-61(66(4,5)6)64(83)79-37-48(80)34-54(79)63(82)73-42(2)45-14-16-46(17-15-45)60-43(3)72-40-87-60/h1,14-19,33,35-36,40,42,44,48,54,61,80H,9-13,20-32,34,37-39,41H2,2-7H3,(H,73,82)(H,74,81)/t42-,48+,54-,61+/m0/s1. The first kappa shape index (κ1) is 61.8. The average Bonchev–Trinajstić information content (AvgIpc) is 1.90. The summed E-state index contributed by atoms with van der Waals surface area (Å²) in [6.45, 7) is 14.4. The van der Waals surface area contributed by atoms with Crippen LogP contribution in [0, 0.1) is 53.1 Å². The molecule has 11 rings (SSSR count). The SMILES string of the molecule is C#Cc1c(F)ccc2cc(OCOC)cc(-c3ncc4c(N5CCCCCC5)nc(OCC5(CN6CCC7(CCC(CCC(=O)N[C@H](C(=O)N8C[C@H](O)C[C@H]8C(=O)N[C@@H](C)c8ccc(-c9scnc9C)cc8)C(C)(C)C)CC7)CC6)CC5)nc4c3F)c12. The fourth-order valence-electron chi connectivity index (χ4n) is 13.8. The van der Waals surface area contributed by atoms with Gasteiger partial charge in [-0.1, -0.05) is 69.9 Å². The number of rotatable bonds is 19. The van der Waals surface area contributed by atoms with Gasteiger partial charge in [-0.15, -0.1) is 17.8 Å². The maximum atomic E-state index is 17.4. The zero-order valence-electron chi connectivity index (χ0n) is 51.2. The predicted molar refractivity (Wildman–Crippen MR) is 334 cm³/mol. The predicted octanol–water partition coefficient (Wildman–Crippen LogP) is 11.5. The summed E-state index contributed by atoms with van der Waals surface area (Å²) in [5.41, 5.74) is 4.61. The number of hydrogen-bond acceptors (Lipinski definition) is 14. The Morgan fingerprint density at radius 2 is 1.66 bits per heavy atom. The highest BCUT2D eigenvalue weighted by Crippen LogP contribution is 2.51. The lowest BCUT2D eigenvalue weighted by Gasteiger charge is -2.46. The van der Waals surface area contributed by atoms with E-state index in [4.69, 9.17) is 30.6 Å². The molecule has 2 aliphatic carbocycles. The Labute approximate surface area is 513 Å². The molecule has 3 N–H and O–H groups in total. The number of aromatic nitrogens is 4. The highest BCUT2D eigenvalue weighted by Gasteiger charge is 2.48. The Balaban J connectivity index is 0.682. The quantitative estimate of drug-likeness (QED) is 0.0515. The molecule has 5 fully saturated rings. The molecule has 3 aromatic heterocycles. The number of terminal acetylenes is 1. The van der Waals surface area contributed by atoms with Crippen molar-refractivity contribution in [3.8, 4) is 45.8 Å². The summed E-state index contributed by atoms with van der Waals surface area (Å²) in [4.78, 5) is 68.2. The molecule has 6 heterocycles. The molecule has 3 amide bonds. The van der Waals surface area contributed by atoms with Crippen molar-refractivity contribution in [3.05, 3.63) is 88.7 Å². The number of nitrogens with zero attached hydrogens (tertiary/aromatic N) is 7. The van der Waals surface area contributed by atoms with Gasteiger partial charge in [0.15, 0.2) is 12.6 Å². The number of aryl methyl sites for hydroxylation is 1. The van der Waals surface area contributed by atoms with Gasteiger partial charge in [-0.2, -0.15) is 9.97 Å². The Morgan fingerprint density at radius 3 is 2.32 bits per heavy atom. The van der Waals surface area contributed by atoms with Gasteiger partial charge in [-0.25, -0.2) is 13.8 Å². The number of anilines is 1. The highest BCUT2D eigenvalue weighted by atomic mass is 32.1. The number of thiazole rings is 1. The maximum Gasteiger partial charge on any atom is 0.319 e. The lowest BCUT2D eigenvalue weighted by atomic mass is 9.65. The summed E-state index contributed by atoms with van der Waals surface area (Å²) in [6.07, 6.45) is 20.6. The number of pyridine rings is 1. The van der Waals surface area contributed by atoms with Gasteiger partial charge in [-0.05, 0) is 149 Å². The number of aliphatic hydroxyl groups is 1. The first-order valence-corrected chi connectivity index (χ1v) is 32.1. The third kappa shape index (κ3) is 13.7. The topological polar surface area (TPSA) is 184 Å². The van der Waals surface area contributed by atoms with E-state index >= 15 is 8.78 Å². The van der Waals surface area contributed by atoms with Gasteiger partial charge in [0.1, 0.15) is 40.7 Å². The molecule has 462 valence electrons. The van der Waals surface area contributed by atoms with Crippen LogP contribution < -0.4 is 25.0 Å². The molecule has 0 unspecified atom stereocenters. The molecule has 19 heteroatoms. The van der Waals surface area contributed by atoms with Crippen molar-refractivity contribution in [1.82, 2.24) is 40.4 Å². The second-order valence-corrected chi connectivity index (χ2v) is 27.4. The van der Waals surface area contributed by atoms with Crippen LogP contribution in [0.2, 0.25) is 0 Å². The molecule has 4 atom stereocenters. The number of fused-ring (bicyclic) bond motifs is 2. The van der Waals surface area contributed by atoms with E-state index in [-0.39, 0.29) is 82.7 Å². The minimum Gasteiger partial charge on any atom is -0.468 e. The van der Waals surface area contributed by atoms with E-state index in [0.717, 1.165) is 138 Å². The zero-order chi connectivity index (χ0) is 61.2. The summed E-state index contributed by atoms with van der Waals surface area (Å²) >= 11 is 1.58. The summed E-state index contributed by atoms with van der Waals surface area (Å²) in [7, 11) is 1.50. The van der Waals surface area contributed by atoms with Crippen molar-refractivity contribution in [2.24, 2.45) is 22.2 Å². The third-order valence-corrected chi connectivity index (χ3v) is 20.3. The van der Waals surface area contributed by atoms with Crippen molar-refractivity contribution in [1.29, 1.82) is 0 Å². The summed E-state index contributed by atoms with van der Waals surface area (Å²) in [6, 6.07) is 12.2. The average molecular weight is 1210 g/mol. The minimum absolute atomic E-state index is 0.00393. The van der Waals surface area contributed by atoms with Crippen LogP contribution in [0.1, 0.15) is 147 Å². The molecule has 3 aromatic carbocycles. The maximum absolute atomic E-state index is 17.4. The molecule has 2 saturated carbocycles. The molecule has 6 aromatic rings. The number of carbonyl (C=O) groups is 3. The molecule has 0 bridgehead atoms. The van der Waals surface area contributed by atoms with Gasteiger partial charge in [0.05, 0.1) is 45.8 Å². The number of halogens is 2. The van der Waals surface area contributed by atoms with Gasteiger partial charge in [0.25, 0.3) is 0 Å².